The number of hydrogen-bond donors (Lipinski definition) is 1. The Morgan fingerprint density at radius 2 is 2.10 bits per heavy atom. The fourth-order valence-corrected chi connectivity index (χ4v) is 2.71. The summed E-state index contributed by atoms with van der Waals surface area (Å²) in [5, 5.41) is 13.1. The summed E-state index contributed by atoms with van der Waals surface area (Å²) in [6.07, 6.45) is 4.30. The lowest BCUT2D eigenvalue weighted by atomic mass is 9.86. The van der Waals surface area contributed by atoms with Gasteiger partial charge in [-0.1, -0.05) is 5.16 Å². The van der Waals surface area contributed by atoms with Gasteiger partial charge in [-0.3, -0.25) is 4.90 Å². The van der Waals surface area contributed by atoms with E-state index in [-0.39, 0.29) is 6.10 Å². The molecule has 1 atom stereocenters. The van der Waals surface area contributed by atoms with Crippen LogP contribution in [0.25, 0.3) is 0 Å². The van der Waals surface area contributed by atoms with Crippen molar-refractivity contribution in [2.75, 3.05) is 20.8 Å². The number of ether oxygens (including phenoxy) is 1. The van der Waals surface area contributed by atoms with Gasteiger partial charge in [0, 0.05) is 19.8 Å². The molecule has 0 spiro atoms. The second-order valence-electron chi connectivity index (χ2n) is 5.70. The highest BCUT2D eigenvalue weighted by molar-refractivity contribution is 4.90. The monoisotopic (exact) mass is 283 g/mol. The largest absolute Gasteiger partial charge is 0.396 e. The highest BCUT2D eigenvalue weighted by Gasteiger charge is 2.24. The SMILES string of the molecule is COC(C)c1noc(CN(C)C2CCC(CO)CC2)n1. The third kappa shape index (κ3) is 3.77. The summed E-state index contributed by atoms with van der Waals surface area (Å²) in [5.74, 6) is 1.72. The Labute approximate surface area is 120 Å². The summed E-state index contributed by atoms with van der Waals surface area (Å²) in [6, 6.07) is 0.535. The fourth-order valence-electron chi connectivity index (χ4n) is 2.71. The molecule has 1 heterocycles. The average molecular weight is 283 g/mol. The lowest BCUT2D eigenvalue weighted by Gasteiger charge is -2.33. The second kappa shape index (κ2) is 7.15. The number of methoxy groups -OCH3 is 1. The van der Waals surface area contributed by atoms with E-state index in [2.05, 4.69) is 22.1 Å². The van der Waals surface area contributed by atoms with Gasteiger partial charge < -0.3 is 14.4 Å². The molecule has 0 saturated heterocycles. The van der Waals surface area contributed by atoms with Crippen LogP contribution in [0, 0.1) is 5.92 Å². The molecule has 20 heavy (non-hydrogen) atoms. The zero-order valence-electron chi connectivity index (χ0n) is 12.6. The predicted molar refractivity (Wildman–Crippen MR) is 74.0 cm³/mol. The summed E-state index contributed by atoms with van der Waals surface area (Å²) in [7, 11) is 3.72. The molecule has 6 nitrogen and oxygen atoms in total. The molecule has 0 aromatic carbocycles. The minimum Gasteiger partial charge on any atom is -0.396 e. The standard InChI is InChI=1S/C14H25N3O3/c1-10(19-3)14-15-13(20-16-14)8-17(2)12-6-4-11(9-18)5-7-12/h10-12,18H,4-9H2,1-3H3. The molecule has 1 aromatic rings. The lowest BCUT2D eigenvalue weighted by molar-refractivity contribution is 0.109. The Hall–Kier alpha value is -0.980. The summed E-state index contributed by atoms with van der Waals surface area (Å²) in [4.78, 5) is 6.63. The van der Waals surface area contributed by atoms with Gasteiger partial charge in [-0.25, -0.2) is 0 Å². The smallest absolute Gasteiger partial charge is 0.240 e. The van der Waals surface area contributed by atoms with Gasteiger partial charge in [0.15, 0.2) is 5.82 Å². The molecule has 1 saturated carbocycles. The first-order valence-electron chi connectivity index (χ1n) is 7.30. The minimum atomic E-state index is -0.141. The summed E-state index contributed by atoms with van der Waals surface area (Å²) in [5.41, 5.74) is 0. The predicted octanol–water partition coefficient (Wildman–Crippen LogP) is 1.76. The van der Waals surface area contributed by atoms with Crippen LogP contribution in [0.5, 0.6) is 0 Å². The quantitative estimate of drug-likeness (QED) is 0.857. The molecule has 1 aromatic heterocycles. The van der Waals surface area contributed by atoms with E-state index in [0.29, 0.717) is 36.8 Å². The van der Waals surface area contributed by atoms with Gasteiger partial charge in [0.05, 0.1) is 6.54 Å². The number of rotatable bonds is 6. The first kappa shape index (κ1) is 15.4. The molecule has 0 radical (unpaired) electrons. The van der Waals surface area contributed by atoms with Gasteiger partial charge in [-0.2, -0.15) is 4.98 Å². The molecule has 1 aliphatic rings. The van der Waals surface area contributed by atoms with Crippen LogP contribution in [0.15, 0.2) is 4.52 Å². The van der Waals surface area contributed by atoms with Gasteiger partial charge in [-0.15, -0.1) is 0 Å². The number of nitrogens with zero attached hydrogens (tertiary/aromatic N) is 3. The van der Waals surface area contributed by atoms with Gasteiger partial charge >= 0.3 is 0 Å². The first-order valence-corrected chi connectivity index (χ1v) is 7.30. The van der Waals surface area contributed by atoms with Gasteiger partial charge in [0.2, 0.25) is 5.89 Å². The van der Waals surface area contributed by atoms with E-state index >= 15 is 0 Å². The van der Waals surface area contributed by atoms with E-state index < -0.39 is 0 Å². The van der Waals surface area contributed by atoms with Gasteiger partial charge in [0.25, 0.3) is 0 Å². The third-order valence-electron chi connectivity index (χ3n) is 4.28. The van der Waals surface area contributed by atoms with Crippen molar-refractivity contribution >= 4 is 0 Å². The zero-order valence-corrected chi connectivity index (χ0v) is 12.6. The Morgan fingerprint density at radius 1 is 1.40 bits per heavy atom. The zero-order chi connectivity index (χ0) is 14.5. The van der Waals surface area contributed by atoms with Crippen molar-refractivity contribution < 1.29 is 14.4 Å². The van der Waals surface area contributed by atoms with Crippen LogP contribution in [0.2, 0.25) is 0 Å². The topological polar surface area (TPSA) is 71.6 Å². The summed E-state index contributed by atoms with van der Waals surface area (Å²) < 4.78 is 10.4. The molecular formula is C14H25N3O3. The highest BCUT2D eigenvalue weighted by atomic mass is 16.5. The van der Waals surface area contributed by atoms with Crippen LogP contribution >= 0.6 is 0 Å². The second-order valence-corrected chi connectivity index (χ2v) is 5.70. The fraction of sp³-hybridized carbons (Fsp3) is 0.857. The van der Waals surface area contributed by atoms with Crippen LogP contribution in [-0.2, 0) is 11.3 Å². The van der Waals surface area contributed by atoms with Crippen LogP contribution in [0.1, 0.15) is 50.4 Å². The van der Waals surface area contributed by atoms with E-state index in [9.17, 15) is 5.11 Å². The molecule has 0 bridgehead atoms. The normalized spacial score (nSPS) is 25.1. The van der Waals surface area contributed by atoms with Crippen molar-refractivity contribution in [2.24, 2.45) is 5.92 Å². The molecule has 1 N–H and O–H groups in total. The minimum absolute atomic E-state index is 0.141. The van der Waals surface area contributed by atoms with Crippen LogP contribution < -0.4 is 0 Å². The van der Waals surface area contributed by atoms with Crippen LogP contribution in [0.4, 0.5) is 0 Å². The van der Waals surface area contributed by atoms with E-state index in [1.165, 1.54) is 0 Å². The summed E-state index contributed by atoms with van der Waals surface area (Å²) in [6.45, 7) is 2.88. The van der Waals surface area contributed by atoms with Crippen molar-refractivity contribution in [1.29, 1.82) is 0 Å². The number of aliphatic hydroxyl groups is 1. The van der Waals surface area contributed by atoms with Gasteiger partial charge in [0.1, 0.15) is 6.10 Å². The molecule has 1 aliphatic carbocycles. The van der Waals surface area contributed by atoms with Crippen molar-refractivity contribution in [3.05, 3.63) is 11.7 Å². The van der Waals surface area contributed by atoms with E-state index in [0.717, 1.165) is 25.7 Å². The van der Waals surface area contributed by atoms with Crippen molar-refractivity contribution in [2.45, 2.75) is 51.3 Å². The Kier molecular flexibility index (Phi) is 5.51. The maximum absolute atomic E-state index is 9.17. The summed E-state index contributed by atoms with van der Waals surface area (Å²) >= 11 is 0. The van der Waals surface area contributed by atoms with E-state index in [1.807, 2.05) is 6.92 Å². The molecule has 114 valence electrons. The Morgan fingerprint density at radius 3 is 2.70 bits per heavy atom. The van der Waals surface area contributed by atoms with Crippen LogP contribution in [-0.4, -0.2) is 47.0 Å². The first-order chi connectivity index (χ1) is 9.63. The number of hydrogen-bond acceptors (Lipinski definition) is 6. The molecule has 1 fully saturated rings. The molecule has 2 rings (SSSR count). The Balaban J connectivity index is 1.85. The number of aromatic nitrogens is 2. The number of aliphatic hydroxyl groups excluding tert-OH is 1. The molecule has 6 heteroatoms. The van der Waals surface area contributed by atoms with E-state index in [1.54, 1.807) is 7.11 Å². The van der Waals surface area contributed by atoms with Crippen molar-refractivity contribution in [1.82, 2.24) is 15.0 Å². The molecule has 0 aliphatic heterocycles. The molecule has 0 amide bonds. The van der Waals surface area contributed by atoms with Crippen LogP contribution in [0.3, 0.4) is 0 Å². The van der Waals surface area contributed by atoms with Crippen molar-refractivity contribution in [3.8, 4) is 0 Å². The van der Waals surface area contributed by atoms with Crippen molar-refractivity contribution in [3.63, 3.8) is 0 Å². The van der Waals surface area contributed by atoms with Gasteiger partial charge in [-0.05, 0) is 45.6 Å². The lowest BCUT2D eigenvalue weighted by Crippen LogP contribution is -2.35. The maximum atomic E-state index is 9.17. The highest BCUT2D eigenvalue weighted by Crippen LogP contribution is 2.27. The maximum Gasteiger partial charge on any atom is 0.240 e. The Bertz CT molecular complexity index is 402. The molecular weight excluding hydrogens is 258 g/mol. The van der Waals surface area contributed by atoms with E-state index in [4.69, 9.17) is 9.26 Å². The third-order valence-corrected chi connectivity index (χ3v) is 4.28. The average Bonchev–Trinajstić information content (AvgIpc) is 2.95. The molecule has 1 unspecified atom stereocenters.